The summed E-state index contributed by atoms with van der Waals surface area (Å²) in [4.78, 5) is 12.9. The molecule has 0 spiro atoms. The molecule has 0 saturated heterocycles. The molecule has 1 rings (SSSR count). The van der Waals surface area contributed by atoms with E-state index in [1.165, 1.54) is 41.2 Å². The molecule has 0 aliphatic rings. The lowest BCUT2D eigenvalue weighted by atomic mass is 10.2. The molecule has 0 fully saturated rings. The zero-order chi connectivity index (χ0) is 47.3. The van der Waals surface area contributed by atoms with Crippen LogP contribution in [-0.4, -0.2) is 119 Å². The zero-order valence-corrected chi connectivity index (χ0v) is 48.5. The fourth-order valence-electron chi connectivity index (χ4n) is 9.93. The number of benzene rings is 1. The van der Waals surface area contributed by atoms with Crippen molar-refractivity contribution in [2.45, 2.75) is 180 Å². The fraction of sp³-hybridized carbons (Fsp3) is 0.811. The van der Waals surface area contributed by atoms with Crippen LogP contribution in [0.25, 0.3) is 0 Å². The Kier molecular flexibility index (Phi) is 20.7. The van der Waals surface area contributed by atoms with E-state index in [9.17, 15) is 48.7 Å². The summed E-state index contributed by atoms with van der Waals surface area (Å²) in [6, 6.07) is 10.4. The van der Waals surface area contributed by atoms with E-state index in [-0.39, 0.29) is 4.90 Å². The van der Waals surface area contributed by atoms with E-state index >= 15 is 4.39 Å². The van der Waals surface area contributed by atoms with Crippen LogP contribution in [0.15, 0.2) is 24.3 Å². The zero-order valence-electron chi connectivity index (χ0n) is 38.7. The first-order chi connectivity index (χ1) is 26.7. The quantitative estimate of drug-likeness (QED) is 0.0763. The molecular formula is C37H74F11NO2Si9. The van der Waals surface area contributed by atoms with Crippen LogP contribution in [0.5, 0.6) is 0 Å². The molecule has 1 amide bonds. The lowest BCUT2D eigenvalue weighted by Gasteiger charge is -2.44. The van der Waals surface area contributed by atoms with E-state index < -0.39 is 118 Å². The van der Waals surface area contributed by atoms with Gasteiger partial charge in [-0.3, -0.25) is 9.53 Å². The number of hydrogen-bond donors (Lipinski definition) is 0. The van der Waals surface area contributed by atoms with E-state index in [1.807, 2.05) is 0 Å². The van der Waals surface area contributed by atoms with Crippen molar-refractivity contribution in [3.63, 3.8) is 0 Å². The van der Waals surface area contributed by atoms with Crippen molar-refractivity contribution in [2.24, 2.45) is 0 Å². The summed E-state index contributed by atoms with van der Waals surface area (Å²) in [7, 11) is -10.8. The van der Waals surface area contributed by atoms with Crippen LogP contribution in [0.3, 0.4) is 0 Å². The van der Waals surface area contributed by atoms with Gasteiger partial charge in [0.15, 0.2) is 0 Å². The minimum atomic E-state index is -7.25. The smallest absolute Gasteiger partial charge is 0.310 e. The highest BCUT2D eigenvalue weighted by atomic mass is 28.4. The number of nitrogens with zero attached hydrogens (tertiary/aromatic N) is 1. The Morgan fingerprint density at radius 3 is 1.38 bits per heavy atom. The molecule has 1 aromatic rings. The van der Waals surface area contributed by atoms with Crippen molar-refractivity contribution in [1.29, 1.82) is 0 Å². The third-order valence-corrected chi connectivity index (χ3v) is 60.7. The number of alkyl halides is 11. The number of halogens is 11. The van der Waals surface area contributed by atoms with E-state index in [4.69, 9.17) is 0 Å². The van der Waals surface area contributed by atoms with Gasteiger partial charge in [-0.15, -0.1) is 0 Å². The number of hydrogen-bond acceptors (Lipinski definition) is 2. The molecule has 1 aromatic carbocycles. The highest BCUT2D eigenvalue weighted by molar-refractivity contribution is 7.06. The summed E-state index contributed by atoms with van der Waals surface area (Å²) in [5, 5.41) is 0.674. The standard InChI is InChI=1S/C37H74F11NO2Si9/c1-49(32(50)33(38,35(41,42)43)51-37(47,48)34(39,40)36(44,45)46)30-17-16-18-31(23-30)58(14,15)20-19-57(12,13)29-60(27-55(8)9,28-56(10)11)22-21-59(24-52(2)3,25-53(4)5)26-54(6)7/h16-18,23,52-56H,19-22,24-29H2,1-15H3. The molecule has 60 heavy (non-hydrogen) atoms. The summed E-state index contributed by atoms with van der Waals surface area (Å²) in [5.74, 6) is -16.4. The van der Waals surface area contributed by atoms with Gasteiger partial charge in [-0.1, -0.05) is 167 Å². The summed E-state index contributed by atoms with van der Waals surface area (Å²) >= 11 is 0. The van der Waals surface area contributed by atoms with Gasteiger partial charge < -0.3 is 4.90 Å². The largest absolute Gasteiger partial charge is 0.462 e. The maximum atomic E-state index is 15.3. The van der Waals surface area contributed by atoms with Crippen LogP contribution >= 0.6 is 0 Å². The topological polar surface area (TPSA) is 29.5 Å². The van der Waals surface area contributed by atoms with Gasteiger partial charge in [0, 0.05) is 80.9 Å². The fourth-order valence-corrected chi connectivity index (χ4v) is 81.4. The second kappa shape index (κ2) is 21.4. The Balaban J connectivity index is 3.56. The molecule has 0 aromatic heterocycles. The molecule has 352 valence electrons. The van der Waals surface area contributed by atoms with Gasteiger partial charge in [-0.25, -0.2) is 0 Å². The van der Waals surface area contributed by atoms with E-state index in [0.717, 1.165) is 18.2 Å². The molecule has 0 aliphatic heterocycles. The van der Waals surface area contributed by atoms with Crippen LogP contribution in [0.4, 0.5) is 54.0 Å². The molecule has 1 atom stereocenters. The second-order valence-corrected chi connectivity index (χ2v) is 61.6. The number of anilines is 1. The molecule has 0 heterocycles. The second-order valence-electron chi connectivity index (χ2n) is 21.4. The lowest BCUT2D eigenvalue weighted by Crippen LogP contribution is -2.63. The Hall–Kier alpha value is -0.168. The molecular weight excluding hydrogens is 952 g/mol. The normalized spacial score (nSPS) is 15.5. The van der Waals surface area contributed by atoms with Crippen LogP contribution in [-0.2, 0) is 9.53 Å². The minimum Gasteiger partial charge on any atom is -0.310 e. The van der Waals surface area contributed by atoms with Gasteiger partial charge >= 0.3 is 36.1 Å². The van der Waals surface area contributed by atoms with Crippen LogP contribution in [0.2, 0.25) is 150 Å². The molecule has 0 N–H and O–H groups in total. The molecule has 0 radical (unpaired) electrons. The molecule has 0 aliphatic carbocycles. The number of ether oxygens (including phenoxy) is 1. The van der Waals surface area contributed by atoms with Gasteiger partial charge in [0.2, 0.25) is 0 Å². The minimum absolute atomic E-state index is 0.0395. The van der Waals surface area contributed by atoms with E-state index in [1.54, 1.807) is 23.1 Å². The first-order valence-corrected chi connectivity index (χ1v) is 49.3. The summed E-state index contributed by atoms with van der Waals surface area (Å²) in [6.45, 7) is 34.4. The van der Waals surface area contributed by atoms with Gasteiger partial charge in [0.25, 0.3) is 0 Å². The van der Waals surface area contributed by atoms with Crippen molar-refractivity contribution < 1.29 is 57.8 Å². The van der Waals surface area contributed by atoms with Crippen LogP contribution in [0, 0.1) is 0 Å². The summed E-state index contributed by atoms with van der Waals surface area (Å²) in [5.41, 5.74) is 8.63. The monoisotopic (exact) mass is 1030 g/mol. The first kappa shape index (κ1) is 57.8. The first-order valence-electron chi connectivity index (χ1n) is 21.4. The van der Waals surface area contributed by atoms with Gasteiger partial charge in [-0.2, -0.15) is 48.3 Å². The predicted molar refractivity (Wildman–Crippen MR) is 255 cm³/mol. The number of amides is 1. The Labute approximate surface area is 365 Å². The van der Waals surface area contributed by atoms with E-state index in [0.29, 0.717) is 12.2 Å². The highest BCUT2D eigenvalue weighted by Gasteiger charge is 2.80. The SMILES string of the molecule is CN(C(=O)C(F)(OC(F)(F)C(F)(F)C(F)(F)F)C(F)(F)F)c1cccc([Si](C)(C)CC[Si](C)(C)C[Si](CC[Si](C[SiH](C)C)(C[SiH](C)C)C[SiH](C)C)(C[SiH](C)C)C[SiH](C)C)c1. The molecule has 3 nitrogen and oxygen atoms in total. The molecule has 23 heteroatoms. The van der Waals surface area contributed by atoms with Crippen molar-refractivity contribution in [3.05, 3.63) is 24.3 Å². The molecule has 1 unspecified atom stereocenters. The average molecular weight is 1030 g/mol. The average Bonchev–Trinajstić information content (AvgIpc) is 3.03. The number of carbonyl (C=O) groups is 1. The Morgan fingerprint density at radius 1 is 0.600 bits per heavy atom. The highest BCUT2D eigenvalue weighted by Crippen LogP contribution is 2.51. The van der Waals surface area contributed by atoms with E-state index in [2.05, 4.69) is 96.4 Å². The number of rotatable bonds is 24. The van der Waals surface area contributed by atoms with Crippen molar-refractivity contribution in [3.8, 4) is 0 Å². The van der Waals surface area contributed by atoms with Gasteiger partial charge in [0.05, 0.1) is 8.07 Å². The Bertz CT molecular complexity index is 1490. The van der Waals surface area contributed by atoms with Crippen LogP contribution < -0.4 is 10.1 Å². The van der Waals surface area contributed by atoms with Crippen LogP contribution in [0.1, 0.15) is 0 Å². The third-order valence-electron chi connectivity index (χ3n) is 11.6. The number of likely N-dealkylation sites (N-methyl/N-ethyl adjacent to an activating group) is 1. The summed E-state index contributed by atoms with van der Waals surface area (Å²) in [6.07, 6.45) is -21.0. The third kappa shape index (κ3) is 16.1. The van der Waals surface area contributed by atoms with Gasteiger partial charge in [0.1, 0.15) is 0 Å². The molecule has 0 bridgehead atoms. The number of carbonyl (C=O) groups excluding carboxylic acids is 1. The van der Waals surface area contributed by atoms with Crippen molar-refractivity contribution >= 4 is 93.1 Å². The summed E-state index contributed by atoms with van der Waals surface area (Å²) < 4.78 is 153. The lowest BCUT2D eigenvalue weighted by molar-refractivity contribution is -0.472. The maximum absolute atomic E-state index is 15.3. The Morgan fingerprint density at radius 2 is 1.00 bits per heavy atom. The predicted octanol–water partition coefficient (Wildman–Crippen LogP) is 11.9. The molecule has 0 saturated carbocycles. The van der Waals surface area contributed by atoms with Crippen molar-refractivity contribution in [2.75, 3.05) is 11.9 Å². The maximum Gasteiger partial charge on any atom is 0.462 e. The van der Waals surface area contributed by atoms with Crippen molar-refractivity contribution in [1.82, 2.24) is 0 Å². The van der Waals surface area contributed by atoms with Gasteiger partial charge in [-0.05, 0) is 12.1 Å².